The molecule has 0 amide bonds. The van der Waals surface area contributed by atoms with Crippen molar-refractivity contribution in [3.8, 4) is 0 Å². The molecule has 10 heavy (non-hydrogen) atoms. The Morgan fingerprint density at radius 1 is 1.20 bits per heavy atom. The number of allylic oxidation sites excluding steroid dienone is 4. The van der Waals surface area contributed by atoms with E-state index in [0.29, 0.717) is 0 Å². The third kappa shape index (κ3) is 1.09. The van der Waals surface area contributed by atoms with E-state index in [-0.39, 0.29) is 2.85 Å². The van der Waals surface area contributed by atoms with Gasteiger partial charge in [-0.05, 0) is 0 Å². The molecule has 1 aliphatic rings. The Balaban J connectivity index is 0. The van der Waals surface area contributed by atoms with Crippen LogP contribution in [0, 0.1) is 5.92 Å². The average Bonchev–Trinajstić information content (AvgIpc) is 2.07. The fraction of sp³-hybridized carbons (Fsp3) is 0.556. The summed E-state index contributed by atoms with van der Waals surface area (Å²) in [5.74, 6) is 0.734. The average molecular weight is 214 g/mol. The summed E-state index contributed by atoms with van der Waals surface area (Å²) < 4.78 is 1.64. The van der Waals surface area contributed by atoms with Crippen LogP contribution in [-0.4, -0.2) is 0 Å². The third-order valence-electron chi connectivity index (χ3n) is 2.64. The van der Waals surface area contributed by atoms with Gasteiger partial charge in [-0.15, -0.1) is 0 Å². The standard InChI is InChI=1S/C9H13.Zr.2H/c1-6-5-7(2)9(4)8(6)3;;;/h6H,1-4H3;;;/q;+2;2*-1. The molecule has 0 aromatic rings. The van der Waals surface area contributed by atoms with Crippen molar-refractivity contribution in [1.29, 1.82) is 0 Å². The van der Waals surface area contributed by atoms with Crippen LogP contribution in [0.15, 0.2) is 20.0 Å². The first kappa shape index (κ1) is 8.46. The second-order valence-electron chi connectivity index (χ2n) is 3.07. The summed E-state index contributed by atoms with van der Waals surface area (Å²) in [5, 5.41) is 0. The normalized spacial score (nSPS) is 26.8. The van der Waals surface area contributed by atoms with Crippen molar-refractivity contribution in [3.63, 3.8) is 0 Å². The van der Waals surface area contributed by atoms with Crippen LogP contribution in [0.3, 0.4) is 0 Å². The van der Waals surface area contributed by atoms with Crippen LogP contribution in [-0.2, 0) is 24.7 Å². The van der Waals surface area contributed by atoms with Crippen molar-refractivity contribution in [2.75, 3.05) is 0 Å². The summed E-state index contributed by atoms with van der Waals surface area (Å²) in [6.07, 6.45) is 0. The maximum atomic E-state index is 2.30. The summed E-state index contributed by atoms with van der Waals surface area (Å²) in [7, 11) is 0. The van der Waals surface area contributed by atoms with Crippen molar-refractivity contribution < 1.29 is 27.6 Å². The molecule has 55 valence electrons. The summed E-state index contributed by atoms with van der Waals surface area (Å²) in [5.41, 5.74) is 4.65. The first-order valence-corrected chi connectivity index (χ1v) is 4.88. The van der Waals surface area contributed by atoms with Crippen LogP contribution in [0.5, 0.6) is 0 Å². The van der Waals surface area contributed by atoms with Gasteiger partial charge in [0.05, 0.1) is 0 Å². The van der Waals surface area contributed by atoms with Gasteiger partial charge in [0.15, 0.2) is 0 Å². The first-order chi connectivity index (χ1) is 4.55. The van der Waals surface area contributed by atoms with Gasteiger partial charge >= 0.3 is 78.3 Å². The minimum Gasteiger partial charge on any atom is -1.00 e. The maximum Gasteiger partial charge on any atom is -1.00 e. The molecule has 1 aliphatic carbocycles. The molecule has 0 nitrogen and oxygen atoms in total. The molecule has 0 saturated carbocycles. The van der Waals surface area contributed by atoms with Gasteiger partial charge in [-0.2, -0.15) is 0 Å². The minimum absolute atomic E-state index is 0. The summed E-state index contributed by atoms with van der Waals surface area (Å²) >= 11 is 1.59. The number of rotatable bonds is 0. The van der Waals surface area contributed by atoms with E-state index >= 15 is 0 Å². The van der Waals surface area contributed by atoms with Gasteiger partial charge in [-0.3, -0.25) is 0 Å². The molecule has 1 heteroatoms. The van der Waals surface area contributed by atoms with Crippen molar-refractivity contribution in [2.45, 2.75) is 27.7 Å². The van der Waals surface area contributed by atoms with Crippen LogP contribution in [0.1, 0.15) is 30.5 Å². The van der Waals surface area contributed by atoms with Crippen molar-refractivity contribution in [3.05, 3.63) is 20.0 Å². The van der Waals surface area contributed by atoms with E-state index in [9.17, 15) is 0 Å². The molecular formula is C9H15Zr. The van der Waals surface area contributed by atoms with Gasteiger partial charge in [0, 0.05) is 0 Å². The Morgan fingerprint density at radius 2 is 1.70 bits per heavy atom. The molecule has 0 aliphatic heterocycles. The zero-order valence-electron chi connectivity index (χ0n) is 9.08. The predicted molar refractivity (Wildman–Crippen MR) is 42.5 cm³/mol. The van der Waals surface area contributed by atoms with Crippen LogP contribution in [0.4, 0.5) is 0 Å². The molecule has 0 bridgehead atoms. The Hall–Kier alpha value is 0.363. The molecule has 0 aromatic carbocycles. The van der Waals surface area contributed by atoms with Crippen molar-refractivity contribution in [1.82, 2.24) is 0 Å². The molecule has 0 aromatic heterocycles. The summed E-state index contributed by atoms with van der Waals surface area (Å²) in [6, 6.07) is 0. The molecular weight excluding hydrogens is 199 g/mol. The van der Waals surface area contributed by atoms with E-state index in [1.54, 1.807) is 39.1 Å². The van der Waals surface area contributed by atoms with Crippen molar-refractivity contribution >= 4 is 0 Å². The van der Waals surface area contributed by atoms with E-state index in [4.69, 9.17) is 0 Å². The summed E-state index contributed by atoms with van der Waals surface area (Å²) in [4.78, 5) is 0. The van der Waals surface area contributed by atoms with Crippen LogP contribution < -0.4 is 0 Å². The zero-order valence-corrected chi connectivity index (χ0v) is 9.54. The van der Waals surface area contributed by atoms with E-state index < -0.39 is 0 Å². The molecule has 1 unspecified atom stereocenters. The summed E-state index contributed by atoms with van der Waals surface area (Å²) in [6.45, 7) is 9.03. The second-order valence-corrected chi connectivity index (χ2v) is 4.39. The quantitative estimate of drug-likeness (QED) is 0.581. The van der Waals surface area contributed by atoms with Crippen LogP contribution in [0.25, 0.3) is 0 Å². The van der Waals surface area contributed by atoms with E-state index in [1.807, 2.05) is 0 Å². The maximum absolute atomic E-state index is 2.30. The smallest absolute Gasteiger partial charge is 1.00 e. The minimum atomic E-state index is 0. The van der Waals surface area contributed by atoms with Gasteiger partial charge < -0.3 is 2.85 Å². The van der Waals surface area contributed by atoms with Gasteiger partial charge in [-0.25, -0.2) is 0 Å². The predicted octanol–water partition coefficient (Wildman–Crippen LogP) is 3.02. The molecule has 1 atom stereocenters. The van der Waals surface area contributed by atoms with E-state index in [2.05, 4.69) is 27.7 Å². The largest absolute Gasteiger partial charge is 1.00 e. The molecule has 0 radical (unpaired) electrons. The molecule has 0 heterocycles. The monoisotopic (exact) mass is 213 g/mol. The molecule has 0 saturated heterocycles. The fourth-order valence-corrected chi connectivity index (χ4v) is 2.36. The van der Waals surface area contributed by atoms with Crippen LogP contribution >= 0.6 is 0 Å². The Kier molecular flexibility index (Phi) is 2.35. The van der Waals surface area contributed by atoms with Crippen LogP contribution in [0.2, 0.25) is 0 Å². The number of hydrogen-bond acceptors (Lipinski definition) is 0. The molecule has 0 fully saturated rings. The zero-order chi connectivity index (χ0) is 7.89. The Morgan fingerprint density at radius 3 is 1.80 bits per heavy atom. The Labute approximate surface area is 81.2 Å². The van der Waals surface area contributed by atoms with Gasteiger partial charge in [0.2, 0.25) is 0 Å². The van der Waals surface area contributed by atoms with E-state index in [1.165, 1.54) is 5.57 Å². The number of hydrogen-bond donors (Lipinski definition) is 0. The van der Waals surface area contributed by atoms with Gasteiger partial charge in [-0.1, -0.05) is 0 Å². The molecule has 0 spiro atoms. The Bertz CT molecular complexity index is 205. The van der Waals surface area contributed by atoms with Gasteiger partial charge in [0.25, 0.3) is 0 Å². The molecule has 0 N–H and O–H groups in total. The van der Waals surface area contributed by atoms with E-state index in [0.717, 1.165) is 5.92 Å². The molecule has 1 rings (SSSR count). The SMILES string of the molecule is CC1=C(C)C(C)[C]([Zr+2])=C1C.[H-].[H-]. The fourth-order valence-electron chi connectivity index (χ4n) is 1.36. The van der Waals surface area contributed by atoms with Crippen molar-refractivity contribution in [2.24, 2.45) is 5.92 Å². The first-order valence-electron chi connectivity index (χ1n) is 3.65. The third-order valence-corrected chi connectivity index (χ3v) is 4.63. The second kappa shape index (κ2) is 2.77. The van der Waals surface area contributed by atoms with Gasteiger partial charge in [0.1, 0.15) is 0 Å². The topological polar surface area (TPSA) is 0 Å².